The van der Waals surface area contributed by atoms with Gasteiger partial charge in [0.05, 0.1) is 16.1 Å². The fraction of sp³-hybridized carbons (Fsp3) is 0.433. The molecule has 0 aliphatic carbocycles. The van der Waals surface area contributed by atoms with Crippen molar-refractivity contribution in [3.05, 3.63) is 64.9 Å². The van der Waals surface area contributed by atoms with Crippen LogP contribution in [0.5, 0.6) is 0 Å². The number of likely N-dealkylation sites (N-methyl/N-ethyl adjacent to an activating group) is 1. The summed E-state index contributed by atoms with van der Waals surface area (Å²) >= 11 is 0. The fourth-order valence-electron chi connectivity index (χ4n) is 5.48. The number of piperazine rings is 1. The number of fused-ring (bicyclic) bond motifs is 1. The van der Waals surface area contributed by atoms with Gasteiger partial charge in [0.1, 0.15) is 11.6 Å². The second kappa shape index (κ2) is 11.9. The quantitative estimate of drug-likeness (QED) is 0.363. The van der Waals surface area contributed by atoms with E-state index in [4.69, 9.17) is 0 Å². The Labute approximate surface area is 255 Å². The van der Waals surface area contributed by atoms with E-state index in [0.717, 1.165) is 48.3 Å². The summed E-state index contributed by atoms with van der Waals surface area (Å²) in [7, 11) is -2.24. The highest BCUT2D eigenvalue weighted by molar-refractivity contribution is 7.89. The summed E-state index contributed by atoms with van der Waals surface area (Å²) in [4.78, 5) is 30.3. The molecule has 11 nitrogen and oxygen atoms in total. The molecule has 14 heteroatoms. The Morgan fingerprint density at radius 3 is 2.30 bits per heavy atom. The van der Waals surface area contributed by atoms with Crippen molar-refractivity contribution in [3.8, 4) is 0 Å². The highest BCUT2D eigenvalue weighted by Gasteiger charge is 2.41. The van der Waals surface area contributed by atoms with Gasteiger partial charge < -0.3 is 20.4 Å². The summed E-state index contributed by atoms with van der Waals surface area (Å²) in [5.74, 6) is -3.01. The van der Waals surface area contributed by atoms with Crippen LogP contribution >= 0.6 is 0 Å². The maximum atomic E-state index is 13.9. The Bertz CT molecular complexity index is 1680. The van der Waals surface area contributed by atoms with Gasteiger partial charge in [-0.1, -0.05) is 27.7 Å². The third kappa shape index (κ3) is 6.33. The van der Waals surface area contributed by atoms with Gasteiger partial charge in [0.15, 0.2) is 5.82 Å². The minimum atomic E-state index is -4.30. The molecule has 1 aromatic heterocycles. The number of H-pyrrole nitrogens is 1. The molecular formula is C30H37F2N7O4S. The molecule has 2 aromatic carbocycles. The van der Waals surface area contributed by atoms with Gasteiger partial charge in [0.2, 0.25) is 15.9 Å². The predicted octanol–water partition coefficient (Wildman–Crippen LogP) is 3.77. The Morgan fingerprint density at radius 2 is 1.66 bits per heavy atom. The van der Waals surface area contributed by atoms with Crippen LogP contribution in [0.25, 0.3) is 0 Å². The lowest BCUT2D eigenvalue weighted by molar-refractivity contribution is -0.118. The first-order valence-electron chi connectivity index (χ1n) is 14.4. The third-order valence-electron chi connectivity index (χ3n) is 8.05. The number of nitrogens with one attached hydrogen (secondary N) is 3. The highest BCUT2D eigenvalue weighted by atomic mass is 32.2. The average molecular weight is 630 g/mol. The van der Waals surface area contributed by atoms with Crippen LogP contribution < -0.4 is 15.5 Å². The summed E-state index contributed by atoms with van der Waals surface area (Å²) in [6.45, 7) is 10.3. The number of halogens is 2. The molecule has 3 aromatic rings. The number of amides is 2. The van der Waals surface area contributed by atoms with Crippen molar-refractivity contribution in [2.75, 3.05) is 55.3 Å². The van der Waals surface area contributed by atoms with E-state index >= 15 is 0 Å². The number of aromatic amines is 1. The topological polar surface area (TPSA) is 131 Å². The molecule has 5 rings (SSSR count). The first kappa shape index (κ1) is 31.5. The first-order chi connectivity index (χ1) is 20.7. The summed E-state index contributed by atoms with van der Waals surface area (Å²) in [6, 6.07) is 7.43. The van der Waals surface area contributed by atoms with E-state index in [2.05, 4.69) is 37.7 Å². The van der Waals surface area contributed by atoms with Crippen molar-refractivity contribution in [2.24, 2.45) is 5.92 Å². The Balaban J connectivity index is 1.45. The van der Waals surface area contributed by atoms with Crippen LogP contribution in [0.3, 0.4) is 0 Å². The van der Waals surface area contributed by atoms with Crippen LogP contribution in [0.2, 0.25) is 0 Å². The summed E-state index contributed by atoms with van der Waals surface area (Å²) in [6.07, 6.45) is 0. The largest absolute Gasteiger partial charge is 0.369 e. The molecule has 3 N–H and O–H groups in total. The van der Waals surface area contributed by atoms with Gasteiger partial charge in [-0.2, -0.15) is 9.40 Å². The molecule has 0 atom stereocenters. The number of nitrogens with zero attached hydrogens (tertiary/aromatic N) is 4. The first-order valence-corrected chi connectivity index (χ1v) is 15.8. The van der Waals surface area contributed by atoms with Crippen LogP contribution in [-0.4, -0.2) is 79.4 Å². The number of hydrogen-bond acceptors (Lipinski definition) is 7. The van der Waals surface area contributed by atoms with Crippen LogP contribution in [0.4, 0.5) is 26.0 Å². The lowest BCUT2D eigenvalue weighted by Gasteiger charge is -2.36. The van der Waals surface area contributed by atoms with Crippen molar-refractivity contribution in [2.45, 2.75) is 44.6 Å². The number of anilines is 3. The number of hydrogen-bond donors (Lipinski definition) is 3. The van der Waals surface area contributed by atoms with E-state index in [9.17, 15) is 26.8 Å². The van der Waals surface area contributed by atoms with E-state index in [1.54, 1.807) is 39.8 Å². The van der Waals surface area contributed by atoms with Gasteiger partial charge in [0.25, 0.3) is 5.91 Å². The van der Waals surface area contributed by atoms with E-state index in [-0.39, 0.29) is 36.3 Å². The lowest BCUT2D eigenvalue weighted by atomic mass is 9.84. The Morgan fingerprint density at radius 1 is 1.00 bits per heavy atom. The van der Waals surface area contributed by atoms with Gasteiger partial charge in [-0.25, -0.2) is 17.2 Å². The van der Waals surface area contributed by atoms with Gasteiger partial charge in [-0.15, -0.1) is 0 Å². The molecule has 0 spiro atoms. The lowest BCUT2D eigenvalue weighted by Crippen LogP contribution is -2.45. The van der Waals surface area contributed by atoms with E-state index < -0.39 is 37.9 Å². The van der Waals surface area contributed by atoms with Crippen molar-refractivity contribution >= 4 is 39.0 Å². The van der Waals surface area contributed by atoms with Gasteiger partial charge in [0, 0.05) is 73.6 Å². The van der Waals surface area contributed by atoms with Gasteiger partial charge in [-0.05, 0) is 37.4 Å². The van der Waals surface area contributed by atoms with Crippen LogP contribution in [0, 0.1) is 17.6 Å². The van der Waals surface area contributed by atoms with E-state index in [0.29, 0.717) is 23.0 Å². The zero-order valence-electron chi connectivity index (χ0n) is 25.4. The molecule has 1 saturated heterocycles. The second-order valence-electron chi connectivity index (χ2n) is 12.3. The summed E-state index contributed by atoms with van der Waals surface area (Å²) in [5.41, 5.74) is 1.72. The zero-order valence-corrected chi connectivity index (χ0v) is 26.2. The van der Waals surface area contributed by atoms with E-state index in [1.807, 2.05) is 6.07 Å². The molecule has 0 saturated carbocycles. The molecule has 2 amide bonds. The average Bonchev–Trinajstić information content (AvgIpc) is 3.36. The van der Waals surface area contributed by atoms with Crippen molar-refractivity contribution < 1.29 is 26.8 Å². The monoisotopic (exact) mass is 629 g/mol. The number of sulfonamides is 1. The number of benzene rings is 2. The molecule has 2 aliphatic heterocycles. The minimum Gasteiger partial charge on any atom is -0.369 e. The van der Waals surface area contributed by atoms with E-state index in [1.165, 1.54) is 0 Å². The number of rotatable bonds is 7. The van der Waals surface area contributed by atoms with Gasteiger partial charge in [-0.3, -0.25) is 14.7 Å². The summed E-state index contributed by atoms with van der Waals surface area (Å²) in [5, 5.41) is 12.9. The zero-order chi connectivity index (χ0) is 32.0. The predicted molar refractivity (Wildman–Crippen MR) is 163 cm³/mol. The molecule has 0 bridgehead atoms. The maximum Gasteiger partial charge on any atom is 0.258 e. The molecule has 44 heavy (non-hydrogen) atoms. The van der Waals surface area contributed by atoms with Gasteiger partial charge >= 0.3 is 0 Å². The smallest absolute Gasteiger partial charge is 0.258 e. The normalized spacial score (nSPS) is 17.4. The minimum absolute atomic E-state index is 0.00911. The Kier molecular flexibility index (Phi) is 8.53. The maximum absolute atomic E-state index is 13.9. The molecule has 0 radical (unpaired) electrons. The molecular weight excluding hydrogens is 592 g/mol. The van der Waals surface area contributed by atoms with Crippen molar-refractivity contribution in [1.82, 2.24) is 19.4 Å². The molecule has 1 fully saturated rings. The summed E-state index contributed by atoms with van der Waals surface area (Å²) < 4.78 is 55.9. The second-order valence-corrected chi connectivity index (χ2v) is 14.2. The molecule has 3 heterocycles. The SMILES string of the molecule is CC(C)C(=O)Nc1cc(N2CCN(C)CC2)ccc1C(=O)Nc1n[nH]c2c1CN(S(=O)(=O)c1cc(F)cc(F)c1)CC2(C)C. The van der Waals surface area contributed by atoms with Crippen LogP contribution in [-0.2, 0) is 26.8 Å². The molecule has 0 unspecified atom stereocenters. The van der Waals surface area contributed by atoms with Crippen LogP contribution in [0.1, 0.15) is 49.3 Å². The molecule has 2 aliphatic rings. The number of carbonyl (C=O) groups is 2. The van der Waals surface area contributed by atoms with Crippen molar-refractivity contribution in [3.63, 3.8) is 0 Å². The molecule has 236 valence electrons. The number of aromatic nitrogens is 2. The van der Waals surface area contributed by atoms with Crippen molar-refractivity contribution in [1.29, 1.82) is 0 Å². The highest BCUT2D eigenvalue weighted by Crippen LogP contribution is 2.38. The fourth-order valence-corrected chi connectivity index (χ4v) is 7.09. The third-order valence-corrected chi connectivity index (χ3v) is 9.82. The number of carbonyl (C=O) groups excluding carboxylic acids is 2. The Hall–Kier alpha value is -3.88. The standard InChI is InChI=1S/C30H37F2N7O4S/c1-18(2)28(40)33-25-15-21(38-10-8-37(5)9-11-38)6-7-23(25)29(41)34-27-24-16-39(17-30(3,4)26(24)35-36-27)44(42,43)22-13-19(31)12-20(32)14-22/h6-7,12-15,18H,8-11,16-17H2,1-5H3,(H,33,40)(H2,34,35,36,41). The van der Waals surface area contributed by atoms with Crippen LogP contribution in [0.15, 0.2) is 41.3 Å².